The first kappa shape index (κ1) is 15.5. The van der Waals surface area contributed by atoms with E-state index in [1.54, 1.807) is 28.7 Å². The summed E-state index contributed by atoms with van der Waals surface area (Å²) in [7, 11) is 0. The van der Waals surface area contributed by atoms with E-state index in [2.05, 4.69) is 15.2 Å². The van der Waals surface area contributed by atoms with Crippen molar-refractivity contribution in [1.29, 1.82) is 0 Å². The molecule has 2 amide bonds. The lowest BCUT2D eigenvalue weighted by atomic mass is 10.3. The van der Waals surface area contributed by atoms with Crippen LogP contribution >= 0.6 is 11.8 Å². The number of carbonyl (C=O) groups is 2. The van der Waals surface area contributed by atoms with E-state index >= 15 is 0 Å². The lowest BCUT2D eigenvalue weighted by Gasteiger charge is -2.14. The van der Waals surface area contributed by atoms with Crippen LogP contribution in [0.15, 0.2) is 52.5 Å². The summed E-state index contributed by atoms with van der Waals surface area (Å²) in [5.74, 6) is -0.258. The molecule has 0 fully saturated rings. The standard InChI is InChI=1S/C17H13N5O2S/c1-10-8-11(2)21-16(18-10)19-20-17(21)25-13-9-14(23)22(15(13)24)12-6-4-3-5-7-12/h3-9H,1-2H3. The molecule has 4 rings (SSSR count). The van der Waals surface area contributed by atoms with E-state index in [9.17, 15) is 9.59 Å². The summed E-state index contributed by atoms with van der Waals surface area (Å²) in [5, 5.41) is 8.66. The van der Waals surface area contributed by atoms with Crippen LogP contribution in [0.2, 0.25) is 0 Å². The van der Waals surface area contributed by atoms with Gasteiger partial charge in [0.1, 0.15) is 0 Å². The number of thioether (sulfide) groups is 1. The molecule has 0 spiro atoms. The summed E-state index contributed by atoms with van der Waals surface area (Å²) < 4.78 is 1.77. The topological polar surface area (TPSA) is 80.5 Å². The molecule has 1 aromatic carbocycles. The average Bonchev–Trinajstić information content (AvgIpc) is 3.10. The van der Waals surface area contributed by atoms with Crippen molar-refractivity contribution in [2.75, 3.05) is 4.90 Å². The predicted octanol–water partition coefficient (Wildman–Crippen LogP) is 2.29. The second-order valence-electron chi connectivity index (χ2n) is 5.58. The quantitative estimate of drug-likeness (QED) is 0.674. The van der Waals surface area contributed by atoms with E-state index in [1.165, 1.54) is 6.08 Å². The Bertz CT molecular complexity index is 1040. The van der Waals surface area contributed by atoms with Crippen LogP contribution in [0, 0.1) is 13.8 Å². The van der Waals surface area contributed by atoms with Gasteiger partial charge in [-0.05, 0) is 43.8 Å². The van der Waals surface area contributed by atoms with Crippen molar-refractivity contribution in [2.45, 2.75) is 19.0 Å². The van der Waals surface area contributed by atoms with Gasteiger partial charge in [-0.3, -0.25) is 14.0 Å². The molecule has 3 aromatic rings. The third-order valence-electron chi connectivity index (χ3n) is 3.77. The van der Waals surface area contributed by atoms with Gasteiger partial charge in [-0.25, -0.2) is 9.88 Å². The molecule has 124 valence electrons. The minimum atomic E-state index is -0.365. The number of benzene rings is 1. The fourth-order valence-corrected chi connectivity index (χ4v) is 3.64. The predicted molar refractivity (Wildman–Crippen MR) is 93.1 cm³/mol. The maximum Gasteiger partial charge on any atom is 0.272 e. The summed E-state index contributed by atoms with van der Waals surface area (Å²) >= 11 is 1.12. The van der Waals surface area contributed by atoms with Crippen LogP contribution in [0.25, 0.3) is 5.78 Å². The van der Waals surface area contributed by atoms with Gasteiger partial charge in [-0.15, -0.1) is 10.2 Å². The second kappa shape index (κ2) is 5.82. The number of para-hydroxylation sites is 1. The number of aromatic nitrogens is 4. The number of hydrogen-bond acceptors (Lipinski definition) is 6. The fourth-order valence-electron chi connectivity index (χ4n) is 2.71. The first-order chi connectivity index (χ1) is 12.0. The highest BCUT2D eigenvalue weighted by molar-refractivity contribution is 8.04. The van der Waals surface area contributed by atoms with Crippen molar-refractivity contribution in [2.24, 2.45) is 0 Å². The van der Waals surface area contributed by atoms with Gasteiger partial charge in [-0.2, -0.15) is 0 Å². The number of rotatable bonds is 3. The third kappa shape index (κ3) is 2.60. The molecule has 3 heterocycles. The Hall–Kier alpha value is -3.00. The van der Waals surface area contributed by atoms with Crippen molar-refractivity contribution >= 4 is 35.0 Å². The largest absolute Gasteiger partial charge is 0.272 e. The van der Waals surface area contributed by atoms with Crippen LogP contribution in [0.4, 0.5) is 5.69 Å². The third-order valence-corrected chi connectivity index (χ3v) is 4.73. The zero-order valence-electron chi connectivity index (χ0n) is 13.5. The molecule has 7 nitrogen and oxygen atoms in total. The average molecular weight is 351 g/mol. The van der Waals surface area contributed by atoms with E-state index in [1.807, 2.05) is 26.0 Å². The van der Waals surface area contributed by atoms with E-state index in [0.29, 0.717) is 21.5 Å². The fraction of sp³-hybridized carbons (Fsp3) is 0.118. The van der Waals surface area contributed by atoms with Crippen LogP contribution in [-0.4, -0.2) is 31.4 Å². The second-order valence-corrected chi connectivity index (χ2v) is 6.59. The molecule has 0 radical (unpaired) electrons. The lowest BCUT2D eigenvalue weighted by Crippen LogP contribution is -2.30. The maximum atomic E-state index is 12.7. The molecule has 1 aliphatic heterocycles. The molecule has 25 heavy (non-hydrogen) atoms. The number of amides is 2. The van der Waals surface area contributed by atoms with E-state index < -0.39 is 0 Å². The van der Waals surface area contributed by atoms with E-state index in [-0.39, 0.29) is 11.8 Å². The molecule has 0 aliphatic carbocycles. The first-order valence-corrected chi connectivity index (χ1v) is 8.38. The van der Waals surface area contributed by atoms with Gasteiger partial charge >= 0.3 is 0 Å². The summed E-state index contributed by atoms with van der Waals surface area (Å²) in [6.07, 6.45) is 1.33. The summed E-state index contributed by atoms with van der Waals surface area (Å²) in [4.78, 5) is 30.7. The molecule has 0 unspecified atom stereocenters. The van der Waals surface area contributed by atoms with Crippen LogP contribution in [0.3, 0.4) is 0 Å². The van der Waals surface area contributed by atoms with Crippen molar-refractivity contribution < 1.29 is 9.59 Å². The lowest BCUT2D eigenvalue weighted by molar-refractivity contribution is -0.120. The van der Waals surface area contributed by atoms with Gasteiger partial charge in [0, 0.05) is 17.5 Å². The summed E-state index contributed by atoms with van der Waals surface area (Å²) in [6.45, 7) is 3.80. The number of hydrogen-bond donors (Lipinski definition) is 0. The van der Waals surface area contributed by atoms with Crippen LogP contribution < -0.4 is 4.90 Å². The molecule has 8 heteroatoms. The summed E-state index contributed by atoms with van der Waals surface area (Å²) in [5.41, 5.74) is 2.30. The Morgan fingerprint density at radius 1 is 1.04 bits per heavy atom. The number of aryl methyl sites for hydroxylation is 2. The Balaban J connectivity index is 1.67. The number of carbonyl (C=O) groups excluding carboxylic acids is 2. The smallest absolute Gasteiger partial charge is 0.269 e. The molecule has 0 saturated heterocycles. The summed E-state index contributed by atoms with van der Waals surface area (Å²) in [6, 6.07) is 10.8. The molecule has 0 N–H and O–H groups in total. The Labute approximate surface area is 147 Å². The molecular formula is C17H13N5O2S. The zero-order chi connectivity index (χ0) is 17.6. The van der Waals surface area contributed by atoms with Crippen LogP contribution in [0.5, 0.6) is 0 Å². The highest BCUT2D eigenvalue weighted by atomic mass is 32.2. The molecule has 2 aromatic heterocycles. The number of anilines is 1. The van der Waals surface area contributed by atoms with Gasteiger partial charge in [0.05, 0.1) is 10.6 Å². The highest BCUT2D eigenvalue weighted by Gasteiger charge is 2.33. The highest BCUT2D eigenvalue weighted by Crippen LogP contribution is 2.33. The van der Waals surface area contributed by atoms with Crippen molar-refractivity contribution in [1.82, 2.24) is 19.6 Å². The maximum absolute atomic E-state index is 12.7. The number of nitrogens with zero attached hydrogens (tertiary/aromatic N) is 5. The Morgan fingerprint density at radius 3 is 2.56 bits per heavy atom. The monoisotopic (exact) mass is 351 g/mol. The molecule has 1 aliphatic rings. The molecule has 0 atom stereocenters. The van der Waals surface area contributed by atoms with Gasteiger partial charge in [0.2, 0.25) is 5.16 Å². The van der Waals surface area contributed by atoms with Gasteiger partial charge in [-0.1, -0.05) is 18.2 Å². The van der Waals surface area contributed by atoms with Crippen molar-refractivity contribution in [3.8, 4) is 0 Å². The minimum absolute atomic E-state index is 0.308. The Morgan fingerprint density at radius 2 is 1.80 bits per heavy atom. The van der Waals surface area contributed by atoms with Gasteiger partial charge in [0.15, 0.2) is 0 Å². The normalized spacial score (nSPS) is 14.5. The SMILES string of the molecule is Cc1cc(C)n2c(SC3=CC(=O)N(c4ccccc4)C3=O)nnc2n1. The Kier molecular flexibility index (Phi) is 3.61. The zero-order valence-corrected chi connectivity index (χ0v) is 14.3. The van der Waals surface area contributed by atoms with Gasteiger partial charge < -0.3 is 0 Å². The van der Waals surface area contributed by atoms with Crippen LogP contribution in [0.1, 0.15) is 11.4 Å². The van der Waals surface area contributed by atoms with E-state index in [4.69, 9.17) is 0 Å². The van der Waals surface area contributed by atoms with Gasteiger partial charge in [0.25, 0.3) is 17.6 Å². The molecular weight excluding hydrogens is 338 g/mol. The van der Waals surface area contributed by atoms with E-state index in [0.717, 1.165) is 28.0 Å². The molecule has 0 bridgehead atoms. The number of imide groups is 1. The van der Waals surface area contributed by atoms with Crippen LogP contribution in [-0.2, 0) is 9.59 Å². The minimum Gasteiger partial charge on any atom is -0.269 e. The molecule has 0 saturated carbocycles. The van der Waals surface area contributed by atoms with Crippen molar-refractivity contribution in [3.05, 3.63) is 58.8 Å². The number of fused-ring (bicyclic) bond motifs is 1. The first-order valence-electron chi connectivity index (χ1n) is 7.57. The van der Waals surface area contributed by atoms with Crippen molar-refractivity contribution in [3.63, 3.8) is 0 Å².